The number of aromatic nitrogens is 1. The van der Waals surface area contributed by atoms with Gasteiger partial charge in [0.15, 0.2) is 0 Å². The molecule has 0 fully saturated rings. The van der Waals surface area contributed by atoms with Crippen LogP contribution in [0.1, 0.15) is 22.7 Å². The van der Waals surface area contributed by atoms with Crippen molar-refractivity contribution in [2.24, 2.45) is 4.99 Å². The first-order valence-electron chi connectivity index (χ1n) is 19.1. The van der Waals surface area contributed by atoms with Crippen molar-refractivity contribution in [1.29, 1.82) is 0 Å². The molecule has 0 amide bonds. The van der Waals surface area contributed by atoms with Crippen molar-refractivity contribution in [3.8, 4) is 27.9 Å². The Morgan fingerprint density at radius 1 is 0.464 bits per heavy atom. The SMILES string of the molecule is C1=C(c2ccccc2)N=C(c2cc(-c3ccccc3)cc3oc4cc(-n5c6ccccc6c6ccccc65)ccc4c23)NC1c1cccc(-c2ccccc2)c1. The lowest BCUT2D eigenvalue weighted by atomic mass is 9.94. The molecule has 3 heterocycles. The van der Waals surface area contributed by atoms with Crippen molar-refractivity contribution in [1.82, 2.24) is 9.88 Å². The zero-order valence-electron chi connectivity index (χ0n) is 30.4. The van der Waals surface area contributed by atoms with E-state index >= 15 is 0 Å². The third kappa shape index (κ3) is 5.42. The van der Waals surface area contributed by atoms with Crippen molar-refractivity contribution in [3.05, 3.63) is 217 Å². The van der Waals surface area contributed by atoms with E-state index in [4.69, 9.17) is 9.41 Å². The average Bonchev–Trinajstić information content (AvgIpc) is 3.82. The van der Waals surface area contributed by atoms with Crippen molar-refractivity contribution in [2.75, 3.05) is 0 Å². The Hall–Kier alpha value is -7.43. The fraction of sp³-hybridized carbons (Fsp3) is 0.0192. The van der Waals surface area contributed by atoms with Gasteiger partial charge in [0.25, 0.3) is 0 Å². The summed E-state index contributed by atoms with van der Waals surface area (Å²) < 4.78 is 9.22. The van der Waals surface area contributed by atoms with Gasteiger partial charge in [-0.15, -0.1) is 0 Å². The molecule has 11 rings (SSSR count). The quantitative estimate of drug-likeness (QED) is 0.186. The van der Waals surface area contributed by atoms with Crippen LogP contribution >= 0.6 is 0 Å². The Kier molecular flexibility index (Phi) is 7.52. The highest BCUT2D eigenvalue weighted by Gasteiger charge is 2.25. The highest BCUT2D eigenvalue weighted by Crippen LogP contribution is 2.40. The van der Waals surface area contributed by atoms with Gasteiger partial charge in [0.05, 0.1) is 22.8 Å². The van der Waals surface area contributed by atoms with Gasteiger partial charge in [-0.05, 0) is 81.9 Å². The fourth-order valence-electron chi connectivity index (χ4n) is 8.38. The summed E-state index contributed by atoms with van der Waals surface area (Å²) in [6.45, 7) is 0. The molecule has 1 unspecified atom stereocenters. The number of para-hydroxylation sites is 2. The van der Waals surface area contributed by atoms with Gasteiger partial charge in [-0.3, -0.25) is 0 Å². The van der Waals surface area contributed by atoms with Crippen molar-refractivity contribution in [2.45, 2.75) is 6.04 Å². The van der Waals surface area contributed by atoms with Gasteiger partial charge in [0.2, 0.25) is 0 Å². The molecule has 0 saturated carbocycles. The fourth-order valence-corrected chi connectivity index (χ4v) is 8.38. The standard InChI is InChI=1S/C52H35N3O/c1-4-15-34(16-5-1)37-21-14-22-38(29-37)46-33-45(36-19-8-3-9-20-36)53-52(54-46)44-30-39(35-17-6-2-7-18-35)31-50-51(44)43-28-27-40(32-49(43)56-50)55-47-25-12-10-23-41(47)42-24-11-13-26-48(42)55/h1-33,46H,(H,53,54). The summed E-state index contributed by atoms with van der Waals surface area (Å²) in [6.07, 6.45) is 2.24. The summed E-state index contributed by atoms with van der Waals surface area (Å²) in [5.41, 5.74) is 13.7. The maximum atomic E-state index is 6.89. The van der Waals surface area contributed by atoms with Crippen LogP contribution in [-0.4, -0.2) is 10.4 Å². The predicted octanol–water partition coefficient (Wildman–Crippen LogP) is 13.1. The van der Waals surface area contributed by atoms with Gasteiger partial charge < -0.3 is 14.3 Å². The summed E-state index contributed by atoms with van der Waals surface area (Å²) in [7, 11) is 0. The van der Waals surface area contributed by atoms with E-state index in [0.717, 1.165) is 67.0 Å². The van der Waals surface area contributed by atoms with Crippen LogP contribution in [0.3, 0.4) is 0 Å². The van der Waals surface area contributed by atoms with Crippen LogP contribution in [0, 0.1) is 0 Å². The highest BCUT2D eigenvalue weighted by molar-refractivity contribution is 6.20. The molecular formula is C52H35N3O. The second-order valence-corrected chi connectivity index (χ2v) is 14.4. The lowest BCUT2D eigenvalue weighted by Gasteiger charge is -2.25. The molecule has 4 heteroatoms. The lowest BCUT2D eigenvalue weighted by molar-refractivity contribution is 0.668. The number of nitrogens with zero attached hydrogens (tertiary/aromatic N) is 2. The minimum Gasteiger partial charge on any atom is -0.456 e. The van der Waals surface area contributed by atoms with Crippen LogP contribution in [0.25, 0.3) is 77.4 Å². The van der Waals surface area contributed by atoms with Gasteiger partial charge in [-0.1, -0.05) is 146 Å². The molecule has 1 N–H and O–H groups in total. The molecule has 264 valence electrons. The maximum Gasteiger partial charge on any atom is 0.137 e. The molecule has 10 aromatic rings. The van der Waals surface area contributed by atoms with Gasteiger partial charge in [-0.25, -0.2) is 4.99 Å². The van der Waals surface area contributed by atoms with Gasteiger partial charge in [0, 0.05) is 38.9 Å². The minimum absolute atomic E-state index is 0.128. The van der Waals surface area contributed by atoms with E-state index in [9.17, 15) is 0 Å². The van der Waals surface area contributed by atoms with E-state index in [1.807, 2.05) is 0 Å². The second-order valence-electron chi connectivity index (χ2n) is 14.4. The van der Waals surface area contributed by atoms with Crippen LogP contribution in [0.5, 0.6) is 0 Å². The third-order valence-corrected chi connectivity index (χ3v) is 11.0. The van der Waals surface area contributed by atoms with Gasteiger partial charge in [-0.2, -0.15) is 0 Å². The smallest absolute Gasteiger partial charge is 0.137 e. The lowest BCUT2D eigenvalue weighted by Crippen LogP contribution is -2.31. The summed E-state index contributed by atoms with van der Waals surface area (Å²) in [4.78, 5) is 5.40. The average molecular weight is 718 g/mol. The molecule has 0 bridgehead atoms. The third-order valence-electron chi connectivity index (χ3n) is 11.0. The van der Waals surface area contributed by atoms with E-state index in [-0.39, 0.29) is 6.04 Å². The zero-order valence-corrected chi connectivity index (χ0v) is 30.4. The minimum atomic E-state index is -0.128. The number of nitrogens with one attached hydrogen (secondary N) is 1. The largest absolute Gasteiger partial charge is 0.456 e. The first-order valence-corrected chi connectivity index (χ1v) is 19.1. The van der Waals surface area contributed by atoms with Crippen molar-refractivity contribution < 1.29 is 4.42 Å². The zero-order chi connectivity index (χ0) is 37.0. The molecule has 0 spiro atoms. The Labute approximate surface area is 324 Å². The molecule has 2 aromatic heterocycles. The summed E-state index contributed by atoms with van der Waals surface area (Å²) in [6, 6.07) is 68.5. The number of fused-ring (bicyclic) bond motifs is 6. The van der Waals surface area contributed by atoms with E-state index in [0.29, 0.717) is 0 Å². The van der Waals surface area contributed by atoms with Crippen LogP contribution in [0.4, 0.5) is 0 Å². The molecule has 0 saturated heterocycles. The molecule has 0 aliphatic carbocycles. The number of hydrogen-bond acceptors (Lipinski definition) is 3. The first-order chi connectivity index (χ1) is 27.7. The number of hydrogen-bond donors (Lipinski definition) is 1. The summed E-state index contributed by atoms with van der Waals surface area (Å²) >= 11 is 0. The first kappa shape index (κ1) is 32.0. The van der Waals surface area contributed by atoms with Gasteiger partial charge in [0.1, 0.15) is 17.0 Å². The topological polar surface area (TPSA) is 42.5 Å². The number of furan rings is 1. The number of rotatable bonds is 6. The van der Waals surface area contributed by atoms with E-state index in [2.05, 4.69) is 210 Å². The highest BCUT2D eigenvalue weighted by atomic mass is 16.3. The van der Waals surface area contributed by atoms with E-state index in [1.165, 1.54) is 32.9 Å². The van der Waals surface area contributed by atoms with E-state index < -0.39 is 0 Å². The molecule has 1 atom stereocenters. The molecule has 0 radical (unpaired) electrons. The molecule has 4 nitrogen and oxygen atoms in total. The molecule has 1 aliphatic heterocycles. The van der Waals surface area contributed by atoms with Crippen LogP contribution < -0.4 is 5.32 Å². The summed E-state index contributed by atoms with van der Waals surface area (Å²) in [5, 5.41) is 8.43. The molecule has 1 aliphatic rings. The Morgan fingerprint density at radius 3 is 1.77 bits per heavy atom. The van der Waals surface area contributed by atoms with Crippen molar-refractivity contribution >= 4 is 55.3 Å². The maximum absolute atomic E-state index is 6.89. The molecule has 8 aromatic carbocycles. The Morgan fingerprint density at radius 2 is 1.07 bits per heavy atom. The molecular weight excluding hydrogens is 683 g/mol. The van der Waals surface area contributed by atoms with Crippen LogP contribution in [0.15, 0.2) is 210 Å². The Bertz CT molecular complexity index is 3100. The second kappa shape index (κ2) is 13.2. The van der Waals surface area contributed by atoms with Crippen LogP contribution in [-0.2, 0) is 0 Å². The summed E-state index contributed by atoms with van der Waals surface area (Å²) in [5.74, 6) is 0.804. The van der Waals surface area contributed by atoms with Crippen LogP contribution in [0.2, 0.25) is 0 Å². The number of amidine groups is 1. The molecule has 56 heavy (non-hydrogen) atoms. The monoisotopic (exact) mass is 717 g/mol. The predicted molar refractivity (Wildman–Crippen MR) is 232 cm³/mol. The van der Waals surface area contributed by atoms with E-state index in [1.54, 1.807) is 0 Å². The normalized spacial score (nSPS) is 14.2. The van der Waals surface area contributed by atoms with Gasteiger partial charge >= 0.3 is 0 Å². The van der Waals surface area contributed by atoms with Crippen molar-refractivity contribution in [3.63, 3.8) is 0 Å². The number of benzene rings is 8. The Balaban J connectivity index is 1.11. The number of aliphatic imine (C=N–C) groups is 1.